The molecule has 1 unspecified atom stereocenters. The van der Waals surface area contributed by atoms with Crippen molar-refractivity contribution in [3.05, 3.63) is 104 Å². The number of H-pyrrole nitrogens is 1. The zero-order chi connectivity index (χ0) is 26.4. The van der Waals surface area contributed by atoms with E-state index in [0.717, 1.165) is 16.6 Å². The fourth-order valence-electron chi connectivity index (χ4n) is 4.83. The van der Waals surface area contributed by atoms with Crippen LogP contribution in [0.5, 0.6) is 5.75 Å². The van der Waals surface area contributed by atoms with Crippen LogP contribution >= 0.6 is 23.2 Å². The third-order valence-electron chi connectivity index (χ3n) is 6.50. The SMILES string of the molecule is COc1c(Cl)cc(/C(O)=C2\C(=O)C(=O)N(Cc3ccc(F)cc3)C2c2c(C)[nH]c3ccccc23)cc1Cl. The number of fused-ring (bicyclic) bond motifs is 1. The Morgan fingerprint density at radius 1 is 1.08 bits per heavy atom. The number of aromatic nitrogens is 1. The Morgan fingerprint density at radius 3 is 2.38 bits per heavy atom. The molecule has 3 aromatic carbocycles. The number of carbonyl (C=O) groups is 2. The van der Waals surface area contributed by atoms with Crippen LogP contribution in [0.15, 0.2) is 66.2 Å². The van der Waals surface area contributed by atoms with Crippen molar-refractivity contribution in [3.8, 4) is 5.75 Å². The molecule has 0 spiro atoms. The van der Waals surface area contributed by atoms with Crippen LogP contribution in [0.2, 0.25) is 10.0 Å². The molecule has 0 radical (unpaired) electrons. The molecular weight excluding hydrogens is 518 g/mol. The summed E-state index contributed by atoms with van der Waals surface area (Å²) in [6.07, 6.45) is 0. The van der Waals surface area contributed by atoms with E-state index in [1.165, 1.54) is 36.3 Å². The largest absolute Gasteiger partial charge is 0.507 e. The van der Waals surface area contributed by atoms with E-state index >= 15 is 0 Å². The molecule has 2 N–H and O–H groups in total. The lowest BCUT2D eigenvalue weighted by molar-refractivity contribution is -0.140. The van der Waals surface area contributed by atoms with Crippen LogP contribution in [-0.4, -0.2) is 33.8 Å². The minimum absolute atomic E-state index is 0.0232. The normalized spacial score (nSPS) is 17.1. The van der Waals surface area contributed by atoms with Crippen molar-refractivity contribution in [1.29, 1.82) is 0 Å². The smallest absolute Gasteiger partial charge is 0.295 e. The van der Waals surface area contributed by atoms with E-state index in [0.29, 0.717) is 11.1 Å². The highest BCUT2D eigenvalue weighted by Gasteiger charge is 2.47. The first kappa shape index (κ1) is 24.9. The number of aromatic amines is 1. The number of para-hydroxylation sites is 1. The molecule has 9 heteroatoms. The number of benzene rings is 3. The molecule has 2 heterocycles. The number of nitrogens with zero attached hydrogens (tertiary/aromatic N) is 1. The van der Waals surface area contributed by atoms with Crippen LogP contribution in [0.4, 0.5) is 4.39 Å². The molecule has 5 rings (SSSR count). The predicted molar refractivity (Wildman–Crippen MR) is 140 cm³/mol. The molecule has 37 heavy (non-hydrogen) atoms. The molecule has 6 nitrogen and oxygen atoms in total. The fourth-order valence-corrected chi connectivity index (χ4v) is 5.47. The molecule has 4 aromatic rings. The van der Waals surface area contributed by atoms with E-state index < -0.39 is 29.3 Å². The highest BCUT2D eigenvalue weighted by Crippen LogP contribution is 2.45. The van der Waals surface area contributed by atoms with Gasteiger partial charge in [0.25, 0.3) is 11.7 Å². The molecule has 1 aliphatic heterocycles. The minimum Gasteiger partial charge on any atom is -0.507 e. The monoisotopic (exact) mass is 538 g/mol. The summed E-state index contributed by atoms with van der Waals surface area (Å²) in [4.78, 5) is 31.5. The lowest BCUT2D eigenvalue weighted by Gasteiger charge is -2.26. The van der Waals surface area contributed by atoms with Crippen molar-refractivity contribution in [1.82, 2.24) is 9.88 Å². The first-order valence-electron chi connectivity index (χ1n) is 11.3. The molecule has 1 aliphatic rings. The third kappa shape index (κ3) is 4.24. The number of halogens is 3. The molecule has 0 aliphatic carbocycles. The molecule has 1 atom stereocenters. The van der Waals surface area contributed by atoms with Gasteiger partial charge in [0.05, 0.1) is 28.8 Å². The Labute approximate surface area is 221 Å². The lowest BCUT2D eigenvalue weighted by Crippen LogP contribution is -2.29. The number of aryl methyl sites for hydroxylation is 1. The van der Waals surface area contributed by atoms with Gasteiger partial charge in [-0.2, -0.15) is 0 Å². The molecule has 1 fully saturated rings. The molecule has 1 aromatic heterocycles. The minimum atomic E-state index is -0.930. The number of methoxy groups -OCH3 is 1. The second-order valence-corrected chi connectivity index (χ2v) is 9.55. The number of carbonyl (C=O) groups excluding carboxylic acids is 2. The number of ether oxygens (including phenoxy) is 1. The van der Waals surface area contributed by atoms with E-state index in [1.807, 2.05) is 31.2 Å². The number of aliphatic hydroxyl groups excluding tert-OH is 1. The number of nitrogens with one attached hydrogen (secondary N) is 1. The summed E-state index contributed by atoms with van der Waals surface area (Å²) in [7, 11) is 1.41. The average Bonchev–Trinajstić information content (AvgIpc) is 3.32. The zero-order valence-electron chi connectivity index (χ0n) is 19.8. The second kappa shape index (κ2) is 9.57. The van der Waals surface area contributed by atoms with Gasteiger partial charge in [0.2, 0.25) is 0 Å². The Kier molecular flexibility index (Phi) is 6.43. The number of rotatable bonds is 5. The summed E-state index contributed by atoms with van der Waals surface area (Å²) in [5.41, 5.74) is 2.91. The number of Topliss-reactive ketones (excluding diaryl/α,β-unsaturated/α-hetero) is 1. The summed E-state index contributed by atoms with van der Waals surface area (Å²) in [5.74, 6) is -2.24. The van der Waals surface area contributed by atoms with Crippen LogP contribution in [0, 0.1) is 12.7 Å². The summed E-state index contributed by atoms with van der Waals surface area (Å²) < 4.78 is 18.7. The molecule has 0 saturated carbocycles. The van der Waals surface area contributed by atoms with Gasteiger partial charge in [-0.05, 0) is 42.8 Å². The van der Waals surface area contributed by atoms with Gasteiger partial charge in [0.1, 0.15) is 11.6 Å². The number of hydrogen-bond acceptors (Lipinski definition) is 4. The Morgan fingerprint density at radius 2 is 1.73 bits per heavy atom. The van der Waals surface area contributed by atoms with E-state index in [-0.39, 0.29) is 33.5 Å². The van der Waals surface area contributed by atoms with Crippen molar-refractivity contribution in [2.24, 2.45) is 0 Å². The van der Waals surface area contributed by atoms with Crippen molar-refractivity contribution in [3.63, 3.8) is 0 Å². The summed E-state index contributed by atoms with van der Waals surface area (Å²) in [5, 5.41) is 12.5. The molecule has 0 bridgehead atoms. The average molecular weight is 539 g/mol. The summed E-state index contributed by atoms with van der Waals surface area (Å²) in [6.45, 7) is 1.86. The standard InChI is InChI=1S/C28H21Cl2FN2O4/c1-14-22(18-5-3-4-6-21(18)32-14)24-23(25(34)16-11-19(29)27(37-2)20(30)12-16)26(35)28(36)33(24)13-15-7-9-17(31)10-8-15/h3-12,24,32,34H,13H2,1-2H3/b25-23+. The van der Waals surface area contributed by atoms with Crippen LogP contribution in [-0.2, 0) is 16.1 Å². The highest BCUT2D eigenvalue weighted by molar-refractivity contribution is 6.47. The maximum absolute atomic E-state index is 13.5. The topological polar surface area (TPSA) is 82.6 Å². The zero-order valence-corrected chi connectivity index (χ0v) is 21.3. The van der Waals surface area contributed by atoms with Gasteiger partial charge in [-0.1, -0.05) is 53.5 Å². The van der Waals surface area contributed by atoms with Crippen molar-refractivity contribution >= 4 is 51.6 Å². The number of aliphatic hydroxyl groups is 1. The molecule has 1 amide bonds. The third-order valence-corrected chi connectivity index (χ3v) is 7.06. The Bertz CT molecular complexity index is 1570. The highest BCUT2D eigenvalue weighted by atomic mass is 35.5. The van der Waals surface area contributed by atoms with Gasteiger partial charge in [-0.25, -0.2) is 4.39 Å². The van der Waals surface area contributed by atoms with E-state index in [4.69, 9.17) is 27.9 Å². The predicted octanol–water partition coefficient (Wildman–Crippen LogP) is 6.55. The van der Waals surface area contributed by atoms with Crippen LogP contribution in [0.1, 0.15) is 28.4 Å². The quantitative estimate of drug-likeness (QED) is 0.171. The van der Waals surface area contributed by atoms with Gasteiger partial charge >= 0.3 is 0 Å². The van der Waals surface area contributed by atoms with Gasteiger partial charge < -0.3 is 19.7 Å². The second-order valence-electron chi connectivity index (χ2n) is 8.74. The molecular formula is C28H21Cl2FN2O4. The fraction of sp³-hybridized carbons (Fsp3) is 0.143. The van der Waals surface area contributed by atoms with Gasteiger partial charge in [-0.3, -0.25) is 9.59 Å². The van der Waals surface area contributed by atoms with E-state index in [1.54, 1.807) is 12.1 Å². The van der Waals surface area contributed by atoms with Crippen molar-refractivity contribution in [2.75, 3.05) is 7.11 Å². The summed E-state index contributed by atoms with van der Waals surface area (Å²) >= 11 is 12.6. The van der Waals surface area contributed by atoms with Crippen LogP contribution in [0.3, 0.4) is 0 Å². The first-order chi connectivity index (χ1) is 17.7. The van der Waals surface area contributed by atoms with Gasteiger partial charge in [0.15, 0.2) is 5.75 Å². The van der Waals surface area contributed by atoms with Gasteiger partial charge in [-0.15, -0.1) is 0 Å². The maximum Gasteiger partial charge on any atom is 0.295 e. The Hall–Kier alpha value is -3.81. The van der Waals surface area contributed by atoms with Gasteiger partial charge in [0, 0.05) is 34.3 Å². The maximum atomic E-state index is 13.5. The number of ketones is 1. The molecule has 1 saturated heterocycles. The summed E-state index contributed by atoms with van der Waals surface area (Å²) in [6, 6.07) is 15.1. The number of hydrogen-bond donors (Lipinski definition) is 2. The van der Waals surface area contributed by atoms with Crippen molar-refractivity contribution in [2.45, 2.75) is 19.5 Å². The first-order valence-corrected chi connectivity index (χ1v) is 12.1. The van der Waals surface area contributed by atoms with E-state index in [9.17, 15) is 19.1 Å². The number of amides is 1. The molecule has 188 valence electrons. The lowest BCUT2D eigenvalue weighted by atomic mass is 9.93. The van der Waals surface area contributed by atoms with Crippen molar-refractivity contribution < 1.29 is 23.8 Å². The number of likely N-dealkylation sites (tertiary alicyclic amines) is 1. The Balaban J connectivity index is 1.74. The van der Waals surface area contributed by atoms with E-state index in [2.05, 4.69) is 4.98 Å². The van der Waals surface area contributed by atoms with Crippen LogP contribution < -0.4 is 4.74 Å². The van der Waals surface area contributed by atoms with Crippen LogP contribution in [0.25, 0.3) is 16.7 Å².